The summed E-state index contributed by atoms with van der Waals surface area (Å²) >= 11 is 5.92. The van der Waals surface area contributed by atoms with Gasteiger partial charge in [-0.3, -0.25) is 14.4 Å². The first kappa shape index (κ1) is 19.6. The Labute approximate surface area is 178 Å². The number of nitrogens with one attached hydrogen (secondary N) is 1. The summed E-state index contributed by atoms with van der Waals surface area (Å²) in [5.74, 6) is -1.12. The standard InChI is InChI=1S/C25H16ClNO3/c26-19-13-11-18(12-14-19)23(28)20-15-27-22(25(30)17-9-5-2-6-10-17)21(20)24(29)16-7-3-1-4-8-16/h1-15,27H. The van der Waals surface area contributed by atoms with Crippen LogP contribution in [-0.4, -0.2) is 22.3 Å². The quantitative estimate of drug-likeness (QED) is 0.432. The lowest BCUT2D eigenvalue weighted by Gasteiger charge is -2.07. The molecule has 1 heterocycles. The van der Waals surface area contributed by atoms with Crippen LogP contribution in [0.1, 0.15) is 47.9 Å². The average Bonchev–Trinajstić information content (AvgIpc) is 3.24. The summed E-state index contributed by atoms with van der Waals surface area (Å²) in [4.78, 5) is 42.5. The molecule has 0 aliphatic carbocycles. The Kier molecular flexibility index (Phi) is 5.42. The van der Waals surface area contributed by atoms with Crippen molar-refractivity contribution in [1.82, 2.24) is 4.98 Å². The van der Waals surface area contributed by atoms with E-state index in [9.17, 15) is 14.4 Å². The summed E-state index contributed by atoms with van der Waals surface area (Å²) in [6.07, 6.45) is 1.42. The number of hydrogen-bond donors (Lipinski definition) is 1. The van der Waals surface area contributed by atoms with E-state index in [1.165, 1.54) is 6.20 Å². The van der Waals surface area contributed by atoms with E-state index < -0.39 is 5.78 Å². The van der Waals surface area contributed by atoms with Gasteiger partial charge in [0.25, 0.3) is 0 Å². The molecule has 0 aliphatic heterocycles. The van der Waals surface area contributed by atoms with E-state index in [1.807, 2.05) is 0 Å². The Balaban J connectivity index is 1.85. The van der Waals surface area contributed by atoms with Crippen molar-refractivity contribution < 1.29 is 14.4 Å². The van der Waals surface area contributed by atoms with Crippen LogP contribution in [0.25, 0.3) is 0 Å². The van der Waals surface area contributed by atoms with Crippen LogP contribution < -0.4 is 0 Å². The highest BCUT2D eigenvalue weighted by atomic mass is 35.5. The highest BCUT2D eigenvalue weighted by Gasteiger charge is 2.28. The van der Waals surface area contributed by atoms with Gasteiger partial charge in [0.2, 0.25) is 5.78 Å². The van der Waals surface area contributed by atoms with Crippen LogP contribution in [0.4, 0.5) is 0 Å². The van der Waals surface area contributed by atoms with Crippen LogP contribution in [-0.2, 0) is 0 Å². The lowest BCUT2D eigenvalue weighted by molar-refractivity contribution is 0.0992. The Morgan fingerprint density at radius 1 is 0.600 bits per heavy atom. The molecule has 0 fully saturated rings. The van der Waals surface area contributed by atoms with E-state index in [1.54, 1.807) is 84.9 Å². The minimum Gasteiger partial charge on any atom is -0.357 e. The second-order valence-electron chi connectivity index (χ2n) is 6.68. The first-order valence-corrected chi connectivity index (χ1v) is 9.65. The van der Waals surface area contributed by atoms with Crippen LogP contribution in [0.5, 0.6) is 0 Å². The molecule has 3 aromatic carbocycles. The summed E-state index contributed by atoms with van der Waals surface area (Å²) in [5, 5.41) is 0.501. The number of carbonyl (C=O) groups is 3. The maximum absolute atomic E-state index is 13.3. The fraction of sp³-hybridized carbons (Fsp3) is 0. The van der Waals surface area contributed by atoms with Crippen molar-refractivity contribution in [3.63, 3.8) is 0 Å². The molecule has 0 saturated heterocycles. The monoisotopic (exact) mass is 413 g/mol. The van der Waals surface area contributed by atoms with Gasteiger partial charge in [0.15, 0.2) is 11.6 Å². The molecule has 0 atom stereocenters. The number of H-pyrrole nitrogens is 1. The van der Waals surface area contributed by atoms with E-state index in [0.29, 0.717) is 21.7 Å². The Bertz CT molecular complexity index is 1230. The Hall–Kier alpha value is -3.76. The molecule has 0 radical (unpaired) electrons. The van der Waals surface area contributed by atoms with Crippen molar-refractivity contribution >= 4 is 29.0 Å². The number of rotatable bonds is 6. The third-order valence-corrected chi connectivity index (χ3v) is 5.01. The molecule has 4 nitrogen and oxygen atoms in total. The maximum atomic E-state index is 13.3. The van der Waals surface area contributed by atoms with Crippen molar-refractivity contribution in [2.45, 2.75) is 0 Å². The molecular formula is C25H16ClNO3. The van der Waals surface area contributed by atoms with Crippen molar-refractivity contribution in [3.8, 4) is 0 Å². The minimum atomic E-state index is -0.395. The predicted octanol–water partition coefficient (Wildman–Crippen LogP) is 5.36. The number of aromatic nitrogens is 1. The number of halogens is 1. The molecule has 0 spiro atoms. The van der Waals surface area contributed by atoms with E-state index in [-0.39, 0.29) is 28.4 Å². The van der Waals surface area contributed by atoms with Gasteiger partial charge in [0.05, 0.1) is 16.8 Å². The number of ketones is 3. The highest BCUT2D eigenvalue weighted by molar-refractivity contribution is 6.31. The summed E-state index contributed by atoms with van der Waals surface area (Å²) < 4.78 is 0. The van der Waals surface area contributed by atoms with Crippen molar-refractivity contribution in [2.75, 3.05) is 0 Å². The van der Waals surface area contributed by atoms with E-state index in [4.69, 9.17) is 11.6 Å². The fourth-order valence-corrected chi connectivity index (χ4v) is 3.37. The minimum absolute atomic E-state index is 0.0648. The van der Waals surface area contributed by atoms with Gasteiger partial charge in [0, 0.05) is 27.9 Å². The van der Waals surface area contributed by atoms with Gasteiger partial charge in [-0.2, -0.15) is 0 Å². The van der Waals surface area contributed by atoms with Gasteiger partial charge in [0.1, 0.15) is 0 Å². The van der Waals surface area contributed by atoms with Gasteiger partial charge in [-0.05, 0) is 24.3 Å². The van der Waals surface area contributed by atoms with Crippen molar-refractivity contribution in [3.05, 3.63) is 130 Å². The zero-order valence-corrected chi connectivity index (χ0v) is 16.5. The molecule has 4 rings (SSSR count). The second kappa shape index (κ2) is 8.31. The van der Waals surface area contributed by atoms with E-state index in [2.05, 4.69) is 4.98 Å². The second-order valence-corrected chi connectivity index (χ2v) is 7.12. The maximum Gasteiger partial charge on any atom is 0.209 e. The van der Waals surface area contributed by atoms with Gasteiger partial charge >= 0.3 is 0 Å². The van der Waals surface area contributed by atoms with E-state index in [0.717, 1.165) is 0 Å². The zero-order valence-electron chi connectivity index (χ0n) is 15.8. The van der Waals surface area contributed by atoms with E-state index >= 15 is 0 Å². The highest BCUT2D eigenvalue weighted by Crippen LogP contribution is 2.25. The zero-order chi connectivity index (χ0) is 21.1. The first-order chi connectivity index (χ1) is 14.6. The van der Waals surface area contributed by atoms with Crippen molar-refractivity contribution in [1.29, 1.82) is 0 Å². The molecule has 1 N–H and O–H groups in total. The Morgan fingerprint density at radius 3 is 1.67 bits per heavy atom. The molecular weight excluding hydrogens is 398 g/mol. The third-order valence-electron chi connectivity index (χ3n) is 4.76. The predicted molar refractivity (Wildman–Crippen MR) is 115 cm³/mol. The number of aromatic amines is 1. The molecule has 0 saturated carbocycles. The normalized spacial score (nSPS) is 10.6. The summed E-state index contributed by atoms with van der Waals surface area (Å²) in [7, 11) is 0. The first-order valence-electron chi connectivity index (χ1n) is 9.27. The largest absolute Gasteiger partial charge is 0.357 e. The lowest BCUT2D eigenvalue weighted by Crippen LogP contribution is -2.14. The SMILES string of the molecule is O=C(c1ccc(Cl)cc1)c1c[nH]c(C(=O)c2ccccc2)c1C(=O)c1ccccc1. The van der Waals surface area contributed by atoms with Crippen LogP contribution in [0.15, 0.2) is 91.1 Å². The molecule has 0 aliphatic rings. The van der Waals surface area contributed by atoms with Crippen LogP contribution in [0, 0.1) is 0 Å². The van der Waals surface area contributed by atoms with Crippen LogP contribution in [0.2, 0.25) is 5.02 Å². The van der Waals surface area contributed by atoms with Crippen molar-refractivity contribution in [2.24, 2.45) is 0 Å². The summed E-state index contributed by atoms with van der Waals surface area (Å²) in [5.41, 5.74) is 1.49. The molecule has 0 unspecified atom stereocenters. The average molecular weight is 414 g/mol. The van der Waals surface area contributed by atoms with Crippen LogP contribution in [0.3, 0.4) is 0 Å². The fourth-order valence-electron chi connectivity index (χ4n) is 3.24. The molecule has 146 valence electrons. The Morgan fingerprint density at radius 2 is 1.10 bits per heavy atom. The third kappa shape index (κ3) is 3.73. The molecule has 30 heavy (non-hydrogen) atoms. The molecule has 5 heteroatoms. The molecule has 0 bridgehead atoms. The topological polar surface area (TPSA) is 67.0 Å². The summed E-state index contributed by atoms with van der Waals surface area (Å²) in [6, 6.07) is 23.6. The number of hydrogen-bond acceptors (Lipinski definition) is 3. The van der Waals surface area contributed by atoms with Crippen LogP contribution >= 0.6 is 11.6 Å². The van der Waals surface area contributed by atoms with Gasteiger partial charge in [-0.15, -0.1) is 0 Å². The number of carbonyl (C=O) groups excluding carboxylic acids is 3. The van der Waals surface area contributed by atoms with Gasteiger partial charge in [-0.1, -0.05) is 72.3 Å². The molecule has 0 amide bonds. The lowest BCUT2D eigenvalue weighted by atomic mass is 9.93. The smallest absolute Gasteiger partial charge is 0.209 e. The molecule has 4 aromatic rings. The summed E-state index contributed by atoms with van der Waals surface area (Å²) in [6.45, 7) is 0. The number of benzene rings is 3. The molecule has 1 aromatic heterocycles. The van der Waals surface area contributed by atoms with Gasteiger partial charge < -0.3 is 4.98 Å². The van der Waals surface area contributed by atoms with Gasteiger partial charge in [-0.25, -0.2) is 0 Å².